The number of ether oxygens (including phenoxy) is 1. The molecule has 3 aromatic carbocycles. The predicted octanol–water partition coefficient (Wildman–Crippen LogP) is 6.76. The van der Waals surface area contributed by atoms with Gasteiger partial charge in [0.2, 0.25) is 5.91 Å². The van der Waals surface area contributed by atoms with Gasteiger partial charge in [0.1, 0.15) is 11.6 Å². The lowest BCUT2D eigenvalue weighted by molar-refractivity contribution is -0.120. The minimum atomic E-state index is -0.283. The lowest BCUT2D eigenvalue weighted by Gasteiger charge is -2.27. The first-order valence-corrected chi connectivity index (χ1v) is 14.0. The third-order valence-electron chi connectivity index (χ3n) is 7.52. The van der Waals surface area contributed by atoms with Gasteiger partial charge in [0.25, 0.3) is 0 Å². The van der Waals surface area contributed by atoms with Crippen molar-refractivity contribution in [3.8, 4) is 16.9 Å². The Hall–Kier alpha value is -3.90. The fourth-order valence-electron chi connectivity index (χ4n) is 5.41. The maximum Gasteiger partial charge on any atom is 0.229 e. The minimum absolute atomic E-state index is 0.0501. The van der Waals surface area contributed by atoms with Crippen molar-refractivity contribution >= 4 is 28.2 Å². The monoisotopic (exact) mass is 537 g/mol. The van der Waals surface area contributed by atoms with Crippen LogP contribution in [0.4, 0.5) is 11.5 Å². The molecule has 1 atom stereocenters. The Morgan fingerprint density at radius 3 is 2.45 bits per heavy atom. The van der Waals surface area contributed by atoms with Crippen LogP contribution in [0.3, 0.4) is 0 Å². The summed E-state index contributed by atoms with van der Waals surface area (Å²) in [6.45, 7) is 10.2. The fraction of sp³-hybridized carbons (Fsp3) is 0.353. The zero-order chi connectivity index (χ0) is 28.4. The number of benzene rings is 3. The zero-order valence-corrected chi connectivity index (χ0v) is 24.1. The summed E-state index contributed by atoms with van der Waals surface area (Å²) < 4.78 is 5.41. The van der Waals surface area contributed by atoms with Crippen LogP contribution in [0.5, 0.6) is 5.75 Å². The number of β-amino-alcohol motifs (C(OH)–C–C–N with tert-alkyl or cyclic N) is 1. The third-order valence-corrected chi connectivity index (χ3v) is 7.52. The smallest absolute Gasteiger partial charge is 0.229 e. The second kappa shape index (κ2) is 11.3. The SMILES string of the molecule is COc1ccc(-c2ccc(CN(C(=O)CC(C)(C)C)c3nccc4cc(N5CCC(O)C5)ccc34)cc2)cc1C. The molecular formula is C34H39N3O3. The van der Waals surface area contributed by atoms with E-state index in [4.69, 9.17) is 9.72 Å². The van der Waals surface area contributed by atoms with Crippen LogP contribution in [-0.4, -0.2) is 42.3 Å². The van der Waals surface area contributed by atoms with Gasteiger partial charge in [0.05, 0.1) is 19.8 Å². The molecule has 0 radical (unpaired) electrons. The molecule has 1 aliphatic rings. The number of hydrogen-bond acceptors (Lipinski definition) is 5. The summed E-state index contributed by atoms with van der Waals surface area (Å²) >= 11 is 0. The summed E-state index contributed by atoms with van der Waals surface area (Å²) in [5.74, 6) is 1.60. The number of fused-ring (bicyclic) bond motifs is 1. The lowest BCUT2D eigenvalue weighted by Crippen LogP contribution is -2.34. The van der Waals surface area contributed by atoms with Crippen LogP contribution in [-0.2, 0) is 11.3 Å². The average molecular weight is 538 g/mol. The molecule has 1 aromatic heterocycles. The van der Waals surface area contributed by atoms with Crippen LogP contribution >= 0.6 is 0 Å². The number of amides is 1. The highest BCUT2D eigenvalue weighted by Crippen LogP contribution is 2.33. The van der Waals surface area contributed by atoms with Crippen molar-refractivity contribution in [3.63, 3.8) is 0 Å². The van der Waals surface area contributed by atoms with Crippen molar-refractivity contribution in [2.24, 2.45) is 5.41 Å². The number of methoxy groups -OCH3 is 1. The van der Waals surface area contributed by atoms with E-state index in [1.165, 1.54) is 0 Å². The second-order valence-corrected chi connectivity index (χ2v) is 12.0. The number of pyridine rings is 1. The summed E-state index contributed by atoms with van der Waals surface area (Å²) in [4.78, 5) is 22.5. The number of nitrogens with zero attached hydrogens (tertiary/aromatic N) is 3. The van der Waals surface area contributed by atoms with Crippen molar-refractivity contribution in [2.45, 2.75) is 53.2 Å². The van der Waals surface area contributed by atoms with Gasteiger partial charge in [0, 0.05) is 36.8 Å². The Kier molecular flexibility index (Phi) is 7.81. The van der Waals surface area contributed by atoms with Crippen molar-refractivity contribution in [1.82, 2.24) is 4.98 Å². The van der Waals surface area contributed by atoms with Crippen LogP contribution in [0.1, 0.15) is 44.7 Å². The van der Waals surface area contributed by atoms with E-state index in [1.54, 1.807) is 13.3 Å². The van der Waals surface area contributed by atoms with E-state index in [1.807, 2.05) is 24.0 Å². The quantitative estimate of drug-likeness (QED) is 0.282. The van der Waals surface area contributed by atoms with E-state index in [9.17, 15) is 9.90 Å². The number of anilines is 2. The van der Waals surface area contributed by atoms with E-state index in [2.05, 4.69) is 80.3 Å². The molecule has 6 nitrogen and oxygen atoms in total. The zero-order valence-electron chi connectivity index (χ0n) is 24.1. The van der Waals surface area contributed by atoms with Gasteiger partial charge in [0.15, 0.2) is 0 Å². The molecule has 1 saturated heterocycles. The number of aliphatic hydroxyl groups excluding tert-OH is 1. The largest absolute Gasteiger partial charge is 0.496 e. The molecule has 6 heteroatoms. The highest BCUT2D eigenvalue weighted by molar-refractivity contribution is 6.03. The summed E-state index contributed by atoms with van der Waals surface area (Å²) in [5.41, 5.74) is 5.30. The van der Waals surface area contributed by atoms with Crippen molar-refractivity contribution in [1.29, 1.82) is 0 Å². The van der Waals surface area contributed by atoms with E-state index in [-0.39, 0.29) is 17.4 Å². The number of rotatable bonds is 7. The van der Waals surface area contributed by atoms with E-state index >= 15 is 0 Å². The van der Waals surface area contributed by atoms with Crippen LogP contribution in [0, 0.1) is 12.3 Å². The Labute approximate surface area is 237 Å². The molecule has 0 aliphatic carbocycles. The van der Waals surface area contributed by atoms with Gasteiger partial charge >= 0.3 is 0 Å². The molecule has 1 N–H and O–H groups in total. The van der Waals surface area contributed by atoms with Gasteiger partial charge in [-0.3, -0.25) is 9.69 Å². The van der Waals surface area contributed by atoms with Gasteiger partial charge in [-0.2, -0.15) is 0 Å². The first-order chi connectivity index (χ1) is 19.1. The summed E-state index contributed by atoms with van der Waals surface area (Å²) in [6, 6.07) is 22.8. The Morgan fingerprint density at radius 2 is 1.80 bits per heavy atom. The highest BCUT2D eigenvalue weighted by atomic mass is 16.5. The van der Waals surface area contributed by atoms with Crippen molar-refractivity contribution in [2.75, 3.05) is 30.0 Å². The fourth-order valence-corrected chi connectivity index (χ4v) is 5.41. The summed E-state index contributed by atoms with van der Waals surface area (Å²) in [7, 11) is 1.69. The summed E-state index contributed by atoms with van der Waals surface area (Å²) in [6.07, 6.45) is 2.70. The molecule has 5 rings (SSSR count). The third kappa shape index (κ3) is 6.13. The van der Waals surface area contributed by atoms with E-state index in [0.717, 1.165) is 57.4 Å². The molecule has 1 amide bonds. The van der Waals surface area contributed by atoms with Crippen LogP contribution in [0.15, 0.2) is 72.9 Å². The number of hydrogen-bond donors (Lipinski definition) is 1. The molecule has 2 heterocycles. The van der Waals surface area contributed by atoms with E-state index in [0.29, 0.717) is 25.3 Å². The van der Waals surface area contributed by atoms with E-state index < -0.39 is 0 Å². The summed E-state index contributed by atoms with van der Waals surface area (Å²) in [5, 5.41) is 12.0. The molecule has 0 spiro atoms. The number of carbonyl (C=O) groups excluding carboxylic acids is 1. The molecule has 208 valence electrons. The highest BCUT2D eigenvalue weighted by Gasteiger charge is 2.26. The van der Waals surface area contributed by atoms with Gasteiger partial charge in [-0.05, 0) is 82.8 Å². The standard InChI is InChI=1S/C34H39N3O3/c1-23-18-26(10-13-31(23)40-5)25-8-6-24(7-9-25)21-37(32(39)20-34(2,3)4)33-30-12-11-28(19-27(30)14-16-35-33)36-17-15-29(38)22-36/h6-14,16,18-19,29,38H,15,17,20-22H2,1-5H3. The molecule has 0 bridgehead atoms. The number of aromatic nitrogens is 1. The number of aryl methyl sites for hydroxylation is 1. The topological polar surface area (TPSA) is 65.9 Å². The maximum absolute atomic E-state index is 13.7. The van der Waals surface area contributed by atoms with Crippen LogP contribution in [0.25, 0.3) is 21.9 Å². The normalized spacial score (nSPS) is 15.4. The van der Waals surface area contributed by atoms with Crippen molar-refractivity contribution in [3.05, 3.63) is 84.1 Å². The Morgan fingerprint density at radius 1 is 1.05 bits per heavy atom. The molecule has 4 aromatic rings. The van der Waals surface area contributed by atoms with Crippen molar-refractivity contribution < 1.29 is 14.6 Å². The molecular weight excluding hydrogens is 498 g/mol. The van der Waals surface area contributed by atoms with Gasteiger partial charge in [-0.15, -0.1) is 0 Å². The average Bonchev–Trinajstić information content (AvgIpc) is 3.36. The number of carbonyl (C=O) groups is 1. The minimum Gasteiger partial charge on any atom is -0.496 e. The van der Waals surface area contributed by atoms with Crippen LogP contribution < -0.4 is 14.5 Å². The first kappa shape index (κ1) is 27.7. The van der Waals surface area contributed by atoms with Gasteiger partial charge < -0.3 is 14.7 Å². The molecule has 1 fully saturated rings. The Balaban J connectivity index is 1.46. The molecule has 0 saturated carbocycles. The maximum atomic E-state index is 13.7. The number of aliphatic hydroxyl groups is 1. The van der Waals surface area contributed by atoms with Crippen LogP contribution in [0.2, 0.25) is 0 Å². The first-order valence-electron chi connectivity index (χ1n) is 14.0. The van der Waals surface area contributed by atoms with Gasteiger partial charge in [-0.1, -0.05) is 51.1 Å². The lowest BCUT2D eigenvalue weighted by atomic mass is 9.91. The predicted molar refractivity (Wildman–Crippen MR) is 163 cm³/mol. The Bertz CT molecular complexity index is 1510. The molecule has 40 heavy (non-hydrogen) atoms. The van der Waals surface area contributed by atoms with Gasteiger partial charge in [-0.25, -0.2) is 4.98 Å². The molecule has 1 unspecified atom stereocenters. The second-order valence-electron chi connectivity index (χ2n) is 12.0. The molecule has 1 aliphatic heterocycles.